The van der Waals surface area contributed by atoms with Gasteiger partial charge in [0.25, 0.3) is 0 Å². The van der Waals surface area contributed by atoms with Crippen molar-refractivity contribution in [3.8, 4) is 12.8 Å². The molecule has 2 aliphatic rings. The number of hydrogen-bond acceptors (Lipinski definition) is 5. The van der Waals surface area contributed by atoms with E-state index < -0.39 is 0 Å². The molecule has 2 heterocycles. The monoisotopic (exact) mass is 436 g/mol. The summed E-state index contributed by atoms with van der Waals surface area (Å²) >= 11 is 0. The lowest BCUT2D eigenvalue weighted by molar-refractivity contribution is -0.114. The number of carbonyl (C=O) groups is 1. The van der Waals surface area contributed by atoms with Gasteiger partial charge in [0.2, 0.25) is 5.96 Å². The maximum absolute atomic E-state index is 13.4. The molecule has 5 nitrogen and oxygen atoms in total. The highest BCUT2D eigenvalue weighted by Crippen LogP contribution is 2.22. The van der Waals surface area contributed by atoms with E-state index in [2.05, 4.69) is 47.7 Å². The van der Waals surface area contributed by atoms with Crippen LogP contribution in [0.2, 0.25) is 0 Å². The summed E-state index contributed by atoms with van der Waals surface area (Å²) in [6.07, 6.45) is 13.0. The summed E-state index contributed by atoms with van der Waals surface area (Å²) in [5.41, 5.74) is 4.02. The molecule has 0 aliphatic carbocycles. The lowest BCUT2D eigenvalue weighted by atomic mass is 9.91. The number of allylic oxidation sites excluding steroid dienone is 3. The molecule has 32 heavy (non-hydrogen) atoms. The normalized spacial score (nSPS) is 17.4. The number of terminal acetylenes is 1. The number of aliphatic imine (C=N–C) groups is 2. The highest BCUT2D eigenvalue weighted by molar-refractivity contribution is 6.20. The van der Waals surface area contributed by atoms with Gasteiger partial charge in [-0.05, 0) is 50.6 Å². The number of rotatable bonds is 6. The molecule has 6 heteroatoms. The number of piperazine rings is 1. The van der Waals surface area contributed by atoms with E-state index in [1.54, 1.807) is 6.07 Å². The molecule has 0 saturated carbocycles. The number of hydrogen-bond donors (Lipinski definition) is 0. The molecule has 1 aromatic carbocycles. The maximum Gasteiger partial charge on any atom is 0.221 e. The van der Waals surface area contributed by atoms with Crippen molar-refractivity contribution in [1.82, 2.24) is 9.80 Å². The Hall–Kier alpha value is -3.04. The van der Waals surface area contributed by atoms with Crippen molar-refractivity contribution in [3.05, 3.63) is 58.4 Å². The third kappa shape index (κ3) is 6.24. The molecule has 1 fully saturated rings. The van der Waals surface area contributed by atoms with E-state index in [9.17, 15) is 9.18 Å². The molecule has 0 N–H and O–H groups in total. The highest BCUT2D eigenvalue weighted by atomic mass is 19.1. The Balaban J connectivity index is 0.00000176. The van der Waals surface area contributed by atoms with Crippen LogP contribution in [-0.2, 0) is 11.2 Å². The van der Waals surface area contributed by atoms with Crippen molar-refractivity contribution in [2.75, 3.05) is 39.8 Å². The minimum Gasteiger partial charge on any atom is -0.339 e. The van der Waals surface area contributed by atoms with Crippen molar-refractivity contribution in [2.45, 2.75) is 33.6 Å². The molecule has 0 radical (unpaired) electrons. The van der Waals surface area contributed by atoms with Gasteiger partial charge in [0.1, 0.15) is 5.82 Å². The largest absolute Gasteiger partial charge is 0.339 e. The van der Waals surface area contributed by atoms with Gasteiger partial charge in [0.15, 0.2) is 5.78 Å². The molecule has 0 bridgehead atoms. The lowest BCUT2D eigenvalue weighted by Gasteiger charge is -2.32. The van der Waals surface area contributed by atoms with Gasteiger partial charge in [0.05, 0.1) is 12.3 Å². The van der Waals surface area contributed by atoms with E-state index >= 15 is 0 Å². The summed E-state index contributed by atoms with van der Waals surface area (Å²) in [6, 6.07) is 4.57. The molecule has 1 saturated heterocycles. The molecule has 170 valence electrons. The van der Waals surface area contributed by atoms with Crippen LogP contribution >= 0.6 is 0 Å². The Morgan fingerprint density at radius 2 is 1.91 bits per heavy atom. The van der Waals surface area contributed by atoms with Crippen LogP contribution < -0.4 is 0 Å². The van der Waals surface area contributed by atoms with Gasteiger partial charge < -0.3 is 9.80 Å². The standard InChI is InChI=1S/C24H31FN4O.C2H2/c1-5-7-21(22-16-26-24(27-22)29-12-10-28(4)11-13-29)20(6-2)23(30)15-18-8-9-19(25)14-17(18)3;1-2/h6-9,14H,5,10-13,15-16H2,1-4H3;1-2H/b20-6+,21-7+;. The van der Waals surface area contributed by atoms with Gasteiger partial charge in [-0.2, -0.15) is 0 Å². The number of nitrogens with zero attached hydrogens (tertiary/aromatic N) is 4. The molecule has 0 amide bonds. The molecule has 3 rings (SSSR count). The van der Waals surface area contributed by atoms with Crippen molar-refractivity contribution in [2.24, 2.45) is 9.98 Å². The number of guanidine groups is 1. The van der Waals surface area contributed by atoms with Gasteiger partial charge in [-0.3, -0.25) is 4.79 Å². The van der Waals surface area contributed by atoms with Crippen LogP contribution in [0.15, 0.2) is 51.5 Å². The highest BCUT2D eigenvalue weighted by Gasteiger charge is 2.25. The minimum atomic E-state index is -0.282. The summed E-state index contributed by atoms with van der Waals surface area (Å²) in [4.78, 5) is 27.1. The second kappa shape index (κ2) is 12.1. The number of ketones is 1. The predicted octanol–water partition coefficient (Wildman–Crippen LogP) is 3.84. The number of likely N-dealkylation sites (N-methyl/N-ethyl adjacent to an activating group) is 1. The number of Topliss-reactive ketones (excluding diaryl/α,β-unsaturated/α-hetero) is 1. The third-order valence-electron chi connectivity index (χ3n) is 5.65. The Morgan fingerprint density at radius 1 is 1.22 bits per heavy atom. The quantitative estimate of drug-likeness (QED) is 0.387. The first kappa shape index (κ1) is 25.2. The predicted molar refractivity (Wildman–Crippen MR) is 131 cm³/mol. The fourth-order valence-corrected chi connectivity index (χ4v) is 3.84. The van der Waals surface area contributed by atoms with Crippen molar-refractivity contribution < 1.29 is 9.18 Å². The number of aryl methyl sites for hydroxylation is 1. The second-order valence-corrected chi connectivity index (χ2v) is 7.86. The summed E-state index contributed by atoms with van der Waals surface area (Å²) in [7, 11) is 2.12. The molecule has 0 aromatic heterocycles. The van der Waals surface area contributed by atoms with Crippen LogP contribution in [0.3, 0.4) is 0 Å². The van der Waals surface area contributed by atoms with Crippen LogP contribution in [-0.4, -0.2) is 67.0 Å². The van der Waals surface area contributed by atoms with E-state index in [1.165, 1.54) is 12.1 Å². The molecule has 0 unspecified atom stereocenters. The van der Waals surface area contributed by atoms with Gasteiger partial charge in [-0.25, -0.2) is 14.4 Å². The zero-order valence-electron chi connectivity index (χ0n) is 19.6. The first-order chi connectivity index (χ1) is 15.4. The second-order valence-electron chi connectivity index (χ2n) is 7.86. The molecule has 2 aliphatic heterocycles. The van der Waals surface area contributed by atoms with Crippen molar-refractivity contribution in [3.63, 3.8) is 0 Å². The molecule has 0 spiro atoms. The summed E-state index contributed by atoms with van der Waals surface area (Å²) in [5.74, 6) is 0.510. The SMILES string of the molecule is C#C.C/C=C(C(=O)Cc1ccc(F)cc1C)\C(=C/CC)C1=NC(N2CCN(C)CC2)=NC1. The van der Waals surface area contributed by atoms with E-state index in [-0.39, 0.29) is 18.0 Å². The van der Waals surface area contributed by atoms with E-state index in [0.717, 1.165) is 61.0 Å². The zero-order valence-corrected chi connectivity index (χ0v) is 19.6. The van der Waals surface area contributed by atoms with Crippen LogP contribution in [0.1, 0.15) is 31.4 Å². The number of carbonyl (C=O) groups excluding carboxylic acids is 1. The average Bonchev–Trinajstić information content (AvgIpc) is 3.27. The first-order valence-electron chi connectivity index (χ1n) is 11.0. The van der Waals surface area contributed by atoms with Gasteiger partial charge in [-0.1, -0.05) is 25.1 Å². The topological polar surface area (TPSA) is 48.3 Å². The van der Waals surface area contributed by atoms with E-state index in [4.69, 9.17) is 4.99 Å². The van der Waals surface area contributed by atoms with Crippen LogP contribution in [0.25, 0.3) is 0 Å². The average molecular weight is 437 g/mol. The van der Waals surface area contributed by atoms with Crippen molar-refractivity contribution in [1.29, 1.82) is 0 Å². The Kier molecular flexibility index (Phi) is 9.55. The summed E-state index contributed by atoms with van der Waals surface area (Å²) < 4.78 is 13.4. The summed E-state index contributed by atoms with van der Waals surface area (Å²) in [6.45, 7) is 10.1. The van der Waals surface area contributed by atoms with E-state index in [1.807, 2.05) is 19.9 Å². The molecular formula is C26H33FN4O. The van der Waals surface area contributed by atoms with Gasteiger partial charge in [-0.15, -0.1) is 12.8 Å². The number of benzene rings is 1. The third-order valence-corrected chi connectivity index (χ3v) is 5.65. The maximum atomic E-state index is 13.4. The van der Waals surface area contributed by atoms with Crippen LogP contribution in [0, 0.1) is 25.6 Å². The van der Waals surface area contributed by atoms with Gasteiger partial charge in [0, 0.05) is 43.7 Å². The fourth-order valence-electron chi connectivity index (χ4n) is 3.84. The Morgan fingerprint density at radius 3 is 2.50 bits per heavy atom. The fraction of sp³-hybridized carbons (Fsp3) is 0.423. The lowest BCUT2D eigenvalue weighted by Crippen LogP contribution is -2.46. The zero-order chi connectivity index (χ0) is 23.7. The first-order valence-corrected chi connectivity index (χ1v) is 11.0. The molecule has 1 aromatic rings. The smallest absolute Gasteiger partial charge is 0.221 e. The van der Waals surface area contributed by atoms with Crippen molar-refractivity contribution >= 4 is 17.5 Å². The number of halogens is 1. The minimum absolute atomic E-state index is 0.0163. The Bertz CT molecular complexity index is 963. The van der Waals surface area contributed by atoms with Crippen LogP contribution in [0.4, 0.5) is 4.39 Å². The van der Waals surface area contributed by atoms with E-state index in [0.29, 0.717) is 12.1 Å². The Labute approximate surface area is 191 Å². The van der Waals surface area contributed by atoms with Crippen LogP contribution in [0.5, 0.6) is 0 Å². The molecular weight excluding hydrogens is 403 g/mol. The molecule has 0 atom stereocenters. The summed E-state index contributed by atoms with van der Waals surface area (Å²) in [5, 5.41) is 0. The van der Waals surface area contributed by atoms with Gasteiger partial charge >= 0.3 is 0 Å².